The number of ether oxygens (including phenoxy) is 1. The van der Waals surface area contributed by atoms with Crippen molar-refractivity contribution in [2.24, 2.45) is 0 Å². The molecule has 0 radical (unpaired) electrons. The molecule has 5 heterocycles. The van der Waals surface area contributed by atoms with Crippen molar-refractivity contribution in [3.63, 3.8) is 0 Å². The first-order valence-corrected chi connectivity index (χ1v) is 15.3. The van der Waals surface area contributed by atoms with Crippen LogP contribution in [-0.4, -0.2) is 77.0 Å². The van der Waals surface area contributed by atoms with Crippen molar-refractivity contribution in [1.82, 2.24) is 39.8 Å². The molecule has 0 amide bonds. The highest BCUT2D eigenvalue weighted by Crippen LogP contribution is 2.35. The molecule has 0 aliphatic carbocycles. The second kappa shape index (κ2) is 11.5. The molecule has 43 heavy (non-hydrogen) atoms. The van der Waals surface area contributed by atoms with E-state index in [1.165, 1.54) is 12.1 Å². The van der Waals surface area contributed by atoms with Gasteiger partial charge in [0.15, 0.2) is 0 Å². The Hall–Kier alpha value is -4.72. The van der Waals surface area contributed by atoms with E-state index in [1.807, 2.05) is 37.2 Å². The number of sulfonamides is 1. The Morgan fingerprint density at radius 1 is 0.930 bits per heavy atom. The second-order valence-corrected chi connectivity index (χ2v) is 12.4. The zero-order chi connectivity index (χ0) is 30.1. The molecule has 0 unspecified atom stereocenters. The number of aromatic nitrogens is 6. The highest BCUT2D eigenvalue weighted by Gasteiger charge is 2.16. The number of benzene rings is 1. The van der Waals surface area contributed by atoms with Gasteiger partial charge in [-0.1, -0.05) is 0 Å². The summed E-state index contributed by atoms with van der Waals surface area (Å²) >= 11 is 0. The summed E-state index contributed by atoms with van der Waals surface area (Å²) in [5, 5.41) is 9.28. The van der Waals surface area contributed by atoms with Gasteiger partial charge in [0.1, 0.15) is 23.9 Å². The lowest BCUT2D eigenvalue weighted by Crippen LogP contribution is -2.21. The van der Waals surface area contributed by atoms with Crippen LogP contribution in [0.5, 0.6) is 5.75 Å². The van der Waals surface area contributed by atoms with Gasteiger partial charge in [0.2, 0.25) is 10.0 Å². The summed E-state index contributed by atoms with van der Waals surface area (Å²) in [5.41, 5.74) is 6.22. The number of nitrogens with one attached hydrogen (secondary N) is 3. The molecule has 5 aromatic heterocycles. The quantitative estimate of drug-likeness (QED) is 0.211. The first-order chi connectivity index (χ1) is 20.6. The average molecular weight is 601 g/mol. The molecule has 3 N–H and O–H groups in total. The van der Waals surface area contributed by atoms with Crippen LogP contribution in [0.1, 0.15) is 5.56 Å². The Bertz CT molecular complexity index is 2060. The molecule has 0 spiro atoms. The van der Waals surface area contributed by atoms with Crippen molar-refractivity contribution in [2.75, 3.05) is 33.5 Å². The number of pyridine rings is 3. The summed E-state index contributed by atoms with van der Waals surface area (Å²) in [6.07, 6.45) is 9.58. The maximum Gasteiger partial charge on any atom is 0.209 e. The number of nitrogens with zero attached hydrogens (tertiary/aromatic N) is 5. The van der Waals surface area contributed by atoms with Crippen molar-refractivity contribution in [3.8, 4) is 39.5 Å². The van der Waals surface area contributed by atoms with E-state index >= 15 is 0 Å². The molecule has 220 valence electrons. The lowest BCUT2D eigenvalue weighted by Gasteiger charge is -2.11. The number of aromatic amines is 2. The van der Waals surface area contributed by atoms with Gasteiger partial charge in [0, 0.05) is 47.4 Å². The molecule has 13 heteroatoms. The summed E-state index contributed by atoms with van der Waals surface area (Å²) in [5.74, 6) is 0.187. The van der Waals surface area contributed by atoms with Crippen LogP contribution in [0.4, 0.5) is 4.39 Å². The highest BCUT2D eigenvalue weighted by atomic mass is 32.2. The molecule has 0 saturated carbocycles. The van der Waals surface area contributed by atoms with E-state index in [1.54, 1.807) is 37.1 Å². The van der Waals surface area contributed by atoms with Gasteiger partial charge >= 0.3 is 0 Å². The Balaban J connectivity index is 1.35. The predicted octanol–water partition coefficient (Wildman–Crippen LogP) is 4.36. The van der Waals surface area contributed by atoms with E-state index in [9.17, 15) is 12.8 Å². The number of hydrogen-bond acceptors (Lipinski definition) is 8. The third-order valence-electron chi connectivity index (χ3n) is 6.87. The Morgan fingerprint density at radius 3 is 2.58 bits per heavy atom. The lowest BCUT2D eigenvalue weighted by atomic mass is 10.0. The van der Waals surface area contributed by atoms with Crippen molar-refractivity contribution < 1.29 is 17.5 Å². The monoisotopic (exact) mass is 600 g/mol. The SMILES string of the molecule is CN(C)CCOc1cncc(-c2cc3c(-c4cc5c(-c6cc(F)cc(CNS(C)(=O)=O)c6)cncc5[nH]4)n[nH]c3cn2)c1. The third kappa shape index (κ3) is 6.38. The van der Waals surface area contributed by atoms with E-state index in [-0.39, 0.29) is 6.54 Å². The van der Waals surface area contributed by atoms with Gasteiger partial charge in [0.25, 0.3) is 0 Å². The van der Waals surface area contributed by atoms with Crippen molar-refractivity contribution in [1.29, 1.82) is 0 Å². The fourth-order valence-electron chi connectivity index (χ4n) is 4.79. The van der Waals surface area contributed by atoms with Crippen LogP contribution in [0, 0.1) is 5.82 Å². The van der Waals surface area contributed by atoms with Crippen LogP contribution < -0.4 is 9.46 Å². The number of hydrogen-bond donors (Lipinski definition) is 3. The van der Waals surface area contributed by atoms with Crippen molar-refractivity contribution in [2.45, 2.75) is 6.54 Å². The molecule has 0 aliphatic rings. The fraction of sp³-hybridized carbons (Fsp3) is 0.200. The smallest absolute Gasteiger partial charge is 0.209 e. The van der Waals surface area contributed by atoms with Crippen molar-refractivity contribution in [3.05, 3.63) is 78.8 Å². The molecule has 11 nitrogen and oxygen atoms in total. The van der Waals surface area contributed by atoms with Gasteiger partial charge in [-0.05, 0) is 61.6 Å². The molecule has 0 saturated heterocycles. The van der Waals surface area contributed by atoms with Crippen LogP contribution >= 0.6 is 0 Å². The van der Waals surface area contributed by atoms with Crippen LogP contribution in [0.3, 0.4) is 0 Å². The molecular formula is C30H29FN8O3S. The van der Waals surface area contributed by atoms with Gasteiger partial charge in [-0.15, -0.1) is 0 Å². The molecule has 6 aromatic rings. The van der Waals surface area contributed by atoms with E-state index in [0.717, 1.165) is 45.9 Å². The van der Waals surface area contributed by atoms with E-state index in [2.05, 4.69) is 34.9 Å². The van der Waals surface area contributed by atoms with Crippen LogP contribution in [0.25, 0.3) is 55.6 Å². The standard InChI is InChI=1S/C30H29FN8O3S/c1-39(2)4-5-42-22-9-20(13-32-14-22)26-11-24-29(17-34-26)37-38-30(24)27-10-23-25(15-33-16-28(23)36-27)19-6-18(7-21(31)8-19)12-35-43(3,40)41/h6-11,13-17,35-36H,4-5,12H2,1-3H3,(H,37,38). The van der Waals surface area contributed by atoms with Gasteiger partial charge in [-0.2, -0.15) is 5.10 Å². The molecule has 0 aliphatic heterocycles. The van der Waals surface area contributed by atoms with Gasteiger partial charge in [-0.3, -0.25) is 20.1 Å². The molecule has 0 atom stereocenters. The van der Waals surface area contributed by atoms with E-state index in [0.29, 0.717) is 40.4 Å². The zero-order valence-corrected chi connectivity index (χ0v) is 24.5. The van der Waals surface area contributed by atoms with Crippen molar-refractivity contribution >= 4 is 31.8 Å². The predicted molar refractivity (Wildman–Crippen MR) is 163 cm³/mol. The maximum absolute atomic E-state index is 14.6. The van der Waals surface area contributed by atoms with E-state index < -0.39 is 15.8 Å². The molecule has 6 rings (SSSR count). The first-order valence-electron chi connectivity index (χ1n) is 13.4. The topological polar surface area (TPSA) is 142 Å². The van der Waals surface area contributed by atoms with Gasteiger partial charge < -0.3 is 14.6 Å². The Morgan fingerprint density at radius 2 is 1.77 bits per heavy atom. The Labute approximate surface area is 247 Å². The number of fused-ring (bicyclic) bond motifs is 2. The Kier molecular flexibility index (Phi) is 7.61. The number of likely N-dealkylation sites (N-methyl/N-ethyl adjacent to an activating group) is 1. The molecular weight excluding hydrogens is 571 g/mol. The second-order valence-electron chi connectivity index (χ2n) is 10.5. The highest BCUT2D eigenvalue weighted by molar-refractivity contribution is 7.88. The van der Waals surface area contributed by atoms with Crippen LogP contribution in [-0.2, 0) is 16.6 Å². The fourth-order valence-corrected chi connectivity index (χ4v) is 5.22. The third-order valence-corrected chi connectivity index (χ3v) is 7.54. The summed E-state index contributed by atoms with van der Waals surface area (Å²) in [6, 6.07) is 10.3. The maximum atomic E-state index is 14.6. The van der Waals surface area contributed by atoms with Gasteiger partial charge in [0.05, 0.1) is 47.3 Å². The zero-order valence-electron chi connectivity index (χ0n) is 23.7. The average Bonchev–Trinajstić information content (AvgIpc) is 3.59. The first kappa shape index (κ1) is 28.4. The summed E-state index contributed by atoms with van der Waals surface area (Å²) < 4.78 is 46.0. The minimum absolute atomic E-state index is 0.0261. The molecule has 1 aromatic carbocycles. The summed E-state index contributed by atoms with van der Waals surface area (Å²) in [6.45, 7) is 1.30. The van der Waals surface area contributed by atoms with Crippen LogP contribution in [0.2, 0.25) is 0 Å². The van der Waals surface area contributed by atoms with E-state index in [4.69, 9.17) is 4.74 Å². The summed E-state index contributed by atoms with van der Waals surface area (Å²) in [7, 11) is 0.547. The normalized spacial score (nSPS) is 12.0. The van der Waals surface area contributed by atoms with Crippen LogP contribution in [0.15, 0.2) is 67.4 Å². The largest absolute Gasteiger partial charge is 0.491 e. The number of H-pyrrole nitrogens is 2. The minimum Gasteiger partial charge on any atom is -0.491 e. The molecule has 0 bridgehead atoms. The number of rotatable bonds is 10. The minimum atomic E-state index is -3.43. The number of halogens is 1. The van der Waals surface area contributed by atoms with Gasteiger partial charge in [-0.25, -0.2) is 17.5 Å². The summed E-state index contributed by atoms with van der Waals surface area (Å²) in [4.78, 5) is 18.7. The molecule has 0 fully saturated rings. The lowest BCUT2D eigenvalue weighted by molar-refractivity contribution is 0.261.